The highest BCUT2D eigenvalue weighted by atomic mass is 31.2. The molecule has 1 fully saturated rings. The summed E-state index contributed by atoms with van der Waals surface area (Å²) in [6, 6.07) is 10.5. The lowest BCUT2D eigenvalue weighted by molar-refractivity contribution is -0.175. The smallest absolute Gasteiger partial charge is 0.459 e. The van der Waals surface area contributed by atoms with Crippen molar-refractivity contribution in [1.82, 2.24) is 19.7 Å². The summed E-state index contributed by atoms with van der Waals surface area (Å²) in [5.74, 6) is -2.54. The van der Waals surface area contributed by atoms with Crippen molar-refractivity contribution in [1.29, 1.82) is 0 Å². The summed E-state index contributed by atoms with van der Waals surface area (Å²) in [6.45, 7) is 10.9. The molecule has 1 aromatic carbocycles. The van der Waals surface area contributed by atoms with Crippen molar-refractivity contribution < 1.29 is 46.9 Å². The number of nitrogen functional groups attached to an aromatic ring is 1. The predicted molar refractivity (Wildman–Crippen MR) is 169 cm³/mol. The molecule has 3 N–H and O–H groups in total. The number of benzene rings is 1. The fourth-order valence-electron chi connectivity index (χ4n) is 4.79. The molecule has 0 spiro atoms. The number of nitrogens with one attached hydrogen (secondary N) is 1. The number of esters is 3. The Morgan fingerprint density at radius 1 is 1.02 bits per heavy atom. The average molecular weight is 676 g/mol. The topological polar surface area (TPSA) is 192 Å². The molecule has 0 bridgehead atoms. The molecule has 6 atom stereocenters. The zero-order valence-corrected chi connectivity index (χ0v) is 28.3. The summed E-state index contributed by atoms with van der Waals surface area (Å²) in [7, 11) is -4.36. The molecular weight excluding hydrogens is 633 g/mol. The number of nitrogens with two attached hydrogens (primary N) is 1. The lowest BCUT2D eigenvalue weighted by atomic mass is 9.95. The van der Waals surface area contributed by atoms with E-state index in [-0.39, 0.29) is 18.2 Å². The van der Waals surface area contributed by atoms with Crippen molar-refractivity contribution in [3.8, 4) is 5.75 Å². The van der Waals surface area contributed by atoms with Crippen LogP contribution in [0.5, 0.6) is 5.75 Å². The first-order chi connectivity index (χ1) is 22.2. The number of para-hydroxylation sites is 1. The standard InChI is InChI=1S/C31H42N5O10P/c1-8-41-30(39)20(6)35-47(40,46-21-12-10-9-11-13-21)42-16-31(7)26(44-29(38)19(4)5)25(43-28(37)18(2)3)24(45-31)22-14-15-23-27(32)33-17-34-36(22)23/h9-15,17-20,24-26H,8,16H2,1-7H3,(H,35,40)(H2,32,33,34)/t20-,24-,25-,26-,31+,47?/m0/s1. The van der Waals surface area contributed by atoms with Gasteiger partial charge in [0.25, 0.3) is 0 Å². The maximum absolute atomic E-state index is 14.3. The van der Waals surface area contributed by atoms with Crippen LogP contribution in [0.25, 0.3) is 5.52 Å². The molecule has 3 aromatic rings. The molecule has 1 unspecified atom stereocenters. The van der Waals surface area contributed by atoms with E-state index >= 15 is 0 Å². The van der Waals surface area contributed by atoms with Gasteiger partial charge in [-0.3, -0.25) is 18.9 Å². The van der Waals surface area contributed by atoms with E-state index in [0.717, 1.165) is 0 Å². The van der Waals surface area contributed by atoms with Gasteiger partial charge in [-0.25, -0.2) is 14.1 Å². The molecule has 0 amide bonds. The molecule has 2 aromatic heterocycles. The molecule has 256 valence electrons. The van der Waals surface area contributed by atoms with Crippen LogP contribution in [0.15, 0.2) is 48.8 Å². The molecule has 1 saturated heterocycles. The van der Waals surface area contributed by atoms with Crippen LogP contribution in [0.1, 0.15) is 60.3 Å². The van der Waals surface area contributed by atoms with Crippen molar-refractivity contribution in [2.75, 3.05) is 18.9 Å². The van der Waals surface area contributed by atoms with Crippen molar-refractivity contribution in [3.63, 3.8) is 0 Å². The second-order valence-corrected chi connectivity index (χ2v) is 13.6. The normalized spacial score (nSPS) is 23.0. The van der Waals surface area contributed by atoms with Gasteiger partial charge in [0, 0.05) is 0 Å². The second-order valence-electron chi connectivity index (χ2n) is 11.9. The molecular formula is C31H42N5O10P. The van der Waals surface area contributed by atoms with Crippen molar-refractivity contribution in [2.45, 2.75) is 78.4 Å². The lowest BCUT2D eigenvalue weighted by Crippen LogP contribution is -2.49. The molecule has 0 saturated carbocycles. The van der Waals surface area contributed by atoms with E-state index < -0.39 is 74.1 Å². The molecule has 1 aliphatic rings. The highest BCUT2D eigenvalue weighted by molar-refractivity contribution is 7.52. The third-order valence-corrected chi connectivity index (χ3v) is 8.94. The minimum atomic E-state index is -4.36. The molecule has 4 rings (SSSR count). The Bertz CT molecular complexity index is 1620. The van der Waals surface area contributed by atoms with Crippen molar-refractivity contribution >= 4 is 37.0 Å². The quantitative estimate of drug-likeness (QED) is 0.141. The van der Waals surface area contributed by atoms with E-state index in [0.29, 0.717) is 11.2 Å². The van der Waals surface area contributed by atoms with Gasteiger partial charge in [0.2, 0.25) is 0 Å². The number of aromatic nitrogens is 3. The van der Waals surface area contributed by atoms with Gasteiger partial charge in [0.15, 0.2) is 18.0 Å². The van der Waals surface area contributed by atoms with Crippen molar-refractivity contribution in [3.05, 3.63) is 54.5 Å². The van der Waals surface area contributed by atoms with Crippen LogP contribution < -0.4 is 15.3 Å². The largest absolute Gasteiger partial charge is 0.465 e. The van der Waals surface area contributed by atoms with Crippen LogP contribution in [0.2, 0.25) is 0 Å². The Hall–Kier alpha value is -4.04. The molecule has 15 nitrogen and oxygen atoms in total. The number of hydrogen-bond acceptors (Lipinski definition) is 13. The van der Waals surface area contributed by atoms with E-state index in [2.05, 4.69) is 15.2 Å². The molecule has 16 heteroatoms. The first kappa shape index (κ1) is 35.8. The second kappa shape index (κ2) is 14.8. The Kier molecular flexibility index (Phi) is 11.3. The first-order valence-corrected chi connectivity index (χ1v) is 16.8. The molecule has 0 aliphatic carbocycles. The Labute approximate surface area is 273 Å². The Balaban J connectivity index is 1.76. The first-order valence-electron chi connectivity index (χ1n) is 15.3. The van der Waals surface area contributed by atoms with Gasteiger partial charge in [-0.05, 0) is 45.0 Å². The van der Waals surface area contributed by atoms with Crippen LogP contribution in [-0.2, 0) is 42.4 Å². The average Bonchev–Trinajstić information content (AvgIpc) is 3.56. The van der Waals surface area contributed by atoms with Gasteiger partial charge in [-0.1, -0.05) is 45.9 Å². The zero-order valence-electron chi connectivity index (χ0n) is 27.4. The maximum Gasteiger partial charge on any atom is 0.459 e. The van der Waals surface area contributed by atoms with E-state index in [1.54, 1.807) is 84.0 Å². The van der Waals surface area contributed by atoms with E-state index in [9.17, 15) is 18.9 Å². The van der Waals surface area contributed by atoms with Crippen LogP contribution in [0.4, 0.5) is 5.82 Å². The number of carbonyl (C=O) groups excluding carboxylic acids is 3. The number of fused-ring (bicyclic) bond motifs is 1. The van der Waals surface area contributed by atoms with Gasteiger partial charge in [-0.2, -0.15) is 10.2 Å². The van der Waals surface area contributed by atoms with E-state index in [1.165, 1.54) is 17.8 Å². The minimum Gasteiger partial charge on any atom is -0.465 e. The minimum absolute atomic E-state index is 0.104. The van der Waals surface area contributed by atoms with Gasteiger partial charge in [0.1, 0.15) is 35.3 Å². The van der Waals surface area contributed by atoms with Gasteiger partial charge < -0.3 is 29.2 Å². The number of nitrogens with zero attached hydrogens (tertiary/aromatic N) is 3. The summed E-state index contributed by atoms with van der Waals surface area (Å²) >= 11 is 0. The maximum atomic E-state index is 14.3. The van der Waals surface area contributed by atoms with E-state index in [1.807, 2.05) is 0 Å². The summed E-state index contributed by atoms with van der Waals surface area (Å²) < 4.78 is 51.1. The highest BCUT2D eigenvalue weighted by Crippen LogP contribution is 2.50. The highest BCUT2D eigenvalue weighted by Gasteiger charge is 2.59. The van der Waals surface area contributed by atoms with Gasteiger partial charge >= 0.3 is 25.7 Å². The molecule has 3 heterocycles. The zero-order chi connectivity index (χ0) is 34.5. The third-order valence-electron chi connectivity index (χ3n) is 7.32. The SMILES string of the molecule is CCOC(=O)[C@H](C)NP(=O)(OC[C@@]1(C)O[C@@H](c2ccc3c(N)ncnn23)[C@H](OC(=O)C(C)C)[C@@H]1OC(=O)C(C)C)Oc1ccccc1. The Morgan fingerprint density at radius 2 is 1.68 bits per heavy atom. The van der Waals surface area contributed by atoms with Crippen molar-refractivity contribution in [2.24, 2.45) is 11.8 Å². The third kappa shape index (κ3) is 8.28. The summed E-state index contributed by atoms with van der Waals surface area (Å²) in [5, 5.41) is 6.92. The molecule has 1 aliphatic heterocycles. The summed E-state index contributed by atoms with van der Waals surface area (Å²) in [4.78, 5) is 42.6. The van der Waals surface area contributed by atoms with Crippen LogP contribution >= 0.6 is 7.75 Å². The van der Waals surface area contributed by atoms with Crippen LogP contribution in [0, 0.1) is 11.8 Å². The molecule has 0 radical (unpaired) electrons. The predicted octanol–water partition coefficient (Wildman–Crippen LogP) is 4.02. The van der Waals surface area contributed by atoms with E-state index in [4.69, 9.17) is 33.7 Å². The summed E-state index contributed by atoms with van der Waals surface area (Å²) in [6.07, 6.45) is -2.25. The van der Waals surface area contributed by atoms with Gasteiger partial charge in [0.05, 0.1) is 30.7 Å². The fourth-order valence-corrected chi connectivity index (χ4v) is 6.38. The number of carbonyl (C=O) groups is 3. The number of anilines is 1. The fraction of sp³-hybridized carbons (Fsp3) is 0.516. The molecule has 47 heavy (non-hydrogen) atoms. The van der Waals surface area contributed by atoms with Gasteiger partial charge in [-0.15, -0.1) is 0 Å². The number of hydrogen-bond donors (Lipinski definition) is 2. The summed E-state index contributed by atoms with van der Waals surface area (Å²) in [5.41, 5.74) is 5.37. The van der Waals surface area contributed by atoms with Crippen LogP contribution in [-0.4, -0.2) is 69.6 Å². The lowest BCUT2D eigenvalue weighted by Gasteiger charge is -2.33. The van der Waals surface area contributed by atoms with Crippen LogP contribution in [0.3, 0.4) is 0 Å². The monoisotopic (exact) mass is 675 g/mol. The number of ether oxygens (including phenoxy) is 4. The Morgan fingerprint density at radius 3 is 2.32 bits per heavy atom. The number of rotatable bonds is 14.